The second-order valence-corrected chi connectivity index (χ2v) is 5.12. The maximum Gasteiger partial charge on any atom is 0.277 e. The molecule has 0 spiro atoms. The van der Waals surface area contributed by atoms with Crippen molar-refractivity contribution in [3.05, 3.63) is 76.7 Å². The molecule has 0 bridgehead atoms. The molecule has 0 atom stereocenters. The number of halogens is 1. The van der Waals surface area contributed by atoms with Crippen molar-refractivity contribution in [1.29, 1.82) is 0 Å². The standard InChI is InChI=1S/C16H13ClN4O/c17-13-6-2-1-5-11(13)9-12-10-14(21-20-12)16(22)19-15-7-3-4-8-18-15/h1-8,10H,9H2,(H,20,21)(H,18,19,22). The van der Waals surface area contributed by atoms with Gasteiger partial charge in [-0.3, -0.25) is 9.89 Å². The number of anilines is 1. The Hall–Kier alpha value is -2.66. The first-order chi connectivity index (χ1) is 10.7. The fraction of sp³-hybridized carbons (Fsp3) is 0.0625. The fourth-order valence-corrected chi connectivity index (χ4v) is 2.24. The van der Waals surface area contributed by atoms with E-state index in [4.69, 9.17) is 11.6 Å². The first-order valence-electron chi connectivity index (χ1n) is 6.72. The maximum atomic E-state index is 12.1. The molecule has 0 radical (unpaired) electrons. The van der Waals surface area contributed by atoms with E-state index in [-0.39, 0.29) is 5.91 Å². The first kappa shape index (κ1) is 14.3. The molecular weight excluding hydrogens is 300 g/mol. The van der Waals surface area contributed by atoms with Crippen LogP contribution in [-0.2, 0) is 6.42 Å². The minimum Gasteiger partial charge on any atom is -0.305 e. The van der Waals surface area contributed by atoms with Crippen LogP contribution in [0.1, 0.15) is 21.7 Å². The smallest absolute Gasteiger partial charge is 0.277 e. The van der Waals surface area contributed by atoms with Gasteiger partial charge in [0.05, 0.1) is 0 Å². The van der Waals surface area contributed by atoms with Crippen molar-refractivity contribution in [2.24, 2.45) is 0 Å². The fourth-order valence-electron chi connectivity index (χ4n) is 2.03. The molecule has 3 rings (SSSR count). The summed E-state index contributed by atoms with van der Waals surface area (Å²) in [5, 5.41) is 10.3. The van der Waals surface area contributed by atoms with Gasteiger partial charge in [-0.05, 0) is 29.8 Å². The van der Waals surface area contributed by atoms with E-state index < -0.39 is 0 Å². The molecule has 0 aliphatic carbocycles. The second kappa shape index (κ2) is 6.41. The Morgan fingerprint density at radius 2 is 2.00 bits per heavy atom. The lowest BCUT2D eigenvalue weighted by molar-refractivity contribution is 0.102. The number of amides is 1. The van der Waals surface area contributed by atoms with Crippen LogP contribution in [0, 0.1) is 0 Å². The summed E-state index contributed by atoms with van der Waals surface area (Å²) in [5.41, 5.74) is 2.11. The van der Waals surface area contributed by atoms with E-state index in [9.17, 15) is 4.79 Å². The van der Waals surface area contributed by atoms with E-state index in [1.807, 2.05) is 24.3 Å². The van der Waals surface area contributed by atoms with Gasteiger partial charge < -0.3 is 5.32 Å². The zero-order valence-electron chi connectivity index (χ0n) is 11.6. The third kappa shape index (κ3) is 3.32. The Bertz CT molecular complexity index is 786. The molecule has 2 aromatic heterocycles. The maximum absolute atomic E-state index is 12.1. The molecule has 0 aliphatic heterocycles. The molecule has 0 unspecified atom stereocenters. The number of H-pyrrole nitrogens is 1. The molecule has 6 heteroatoms. The highest BCUT2D eigenvalue weighted by Gasteiger charge is 2.12. The van der Waals surface area contributed by atoms with E-state index in [1.54, 1.807) is 30.5 Å². The van der Waals surface area contributed by atoms with Gasteiger partial charge in [0.2, 0.25) is 0 Å². The minimum absolute atomic E-state index is 0.305. The van der Waals surface area contributed by atoms with Crippen LogP contribution in [0.3, 0.4) is 0 Å². The molecule has 2 heterocycles. The Labute approximate surface area is 132 Å². The average Bonchev–Trinajstić information content (AvgIpc) is 2.99. The Morgan fingerprint density at radius 3 is 2.77 bits per heavy atom. The van der Waals surface area contributed by atoms with Gasteiger partial charge in [0.15, 0.2) is 5.69 Å². The number of carbonyl (C=O) groups excluding carboxylic acids is 1. The van der Waals surface area contributed by atoms with Gasteiger partial charge in [-0.2, -0.15) is 5.10 Å². The molecule has 1 amide bonds. The quantitative estimate of drug-likeness (QED) is 0.776. The van der Waals surface area contributed by atoms with Crippen LogP contribution in [0.5, 0.6) is 0 Å². The molecule has 1 aromatic carbocycles. The molecule has 0 saturated carbocycles. The zero-order valence-corrected chi connectivity index (χ0v) is 12.3. The normalized spacial score (nSPS) is 10.4. The van der Waals surface area contributed by atoms with E-state index in [0.29, 0.717) is 23.0 Å². The number of hydrogen-bond donors (Lipinski definition) is 2. The van der Waals surface area contributed by atoms with Gasteiger partial charge >= 0.3 is 0 Å². The van der Waals surface area contributed by atoms with Crippen molar-refractivity contribution in [3.63, 3.8) is 0 Å². The van der Waals surface area contributed by atoms with Crippen molar-refractivity contribution in [1.82, 2.24) is 15.2 Å². The largest absolute Gasteiger partial charge is 0.305 e. The van der Waals surface area contributed by atoms with Crippen LogP contribution in [0.25, 0.3) is 0 Å². The second-order valence-electron chi connectivity index (χ2n) is 4.72. The van der Waals surface area contributed by atoms with Crippen molar-refractivity contribution < 1.29 is 4.79 Å². The number of aromatic amines is 1. The molecule has 0 fully saturated rings. The Morgan fingerprint density at radius 1 is 1.18 bits per heavy atom. The number of aromatic nitrogens is 3. The topological polar surface area (TPSA) is 70.7 Å². The Balaban J connectivity index is 1.71. The van der Waals surface area contributed by atoms with Gasteiger partial charge in [-0.15, -0.1) is 0 Å². The summed E-state index contributed by atoms with van der Waals surface area (Å²) in [6.45, 7) is 0. The highest BCUT2D eigenvalue weighted by Crippen LogP contribution is 2.18. The lowest BCUT2D eigenvalue weighted by Crippen LogP contribution is -2.13. The average molecular weight is 313 g/mol. The van der Waals surface area contributed by atoms with Crippen LogP contribution >= 0.6 is 11.6 Å². The van der Waals surface area contributed by atoms with Crippen molar-refractivity contribution in [2.75, 3.05) is 5.32 Å². The number of carbonyl (C=O) groups is 1. The van der Waals surface area contributed by atoms with Crippen LogP contribution in [0.15, 0.2) is 54.7 Å². The summed E-state index contributed by atoms with van der Waals surface area (Å²) in [7, 11) is 0. The summed E-state index contributed by atoms with van der Waals surface area (Å²) in [6.07, 6.45) is 2.20. The van der Waals surface area contributed by atoms with Crippen molar-refractivity contribution in [3.8, 4) is 0 Å². The van der Waals surface area contributed by atoms with Gasteiger partial charge in [-0.25, -0.2) is 4.98 Å². The number of benzene rings is 1. The third-order valence-corrected chi connectivity index (χ3v) is 3.48. The first-order valence-corrected chi connectivity index (χ1v) is 7.10. The van der Waals surface area contributed by atoms with E-state index >= 15 is 0 Å². The van der Waals surface area contributed by atoms with Crippen LogP contribution in [0.2, 0.25) is 5.02 Å². The van der Waals surface area contributed by atoms with Crippen LogP contribution < -0.4 is 5.32 Å². The van der Waals surface area contributed by atoms with Crippen molar-refractivity contribution in [2.45, 2.75) is 6.42 Å². The van der Waals surface area contributed by atoms with Crippen LogP contribution in [-0.4, -0.2) is 21.1 Å². The predicted octanol–water partition coefficient (Wildman–Crippen LogP) is 3.30. The summed E-state index contributed by atoms with van der Waals surface area (Å²) in [6, 6.07) is 14.6. The Kier molecular flexibility index (Phi) is 4.16. The van der Waals surface area contributed by atoms with E-state index in [2.05, 4.69) is 20.5 Å². The number of rotatable bonds is 4. The summed E-state index contributed by atoms with van der Waals surface area (Å²) < 4.78 is 0. The zero-order chi connectivity index (χ0) is 15.4. The summed E-state index contributed by atoms with van der Waals surface area (Å²) in [5.74, 6) is 0.184. The molecule has 2 N–H and O–H groups in total. The number of nitrogens with zero attached hydrogens (tertiary/aromatic N) is 2. The van der Waals surface area contributed by atoms with E-state index in [0.717, 1.165) is 11.3 Å². The molecule has 110 valence electrons. The number of nitrogens with one attached hydrogen (secondary N) is 2. The summed E-state index contributed by atoms with van der Waals surface area (Å²) in [4.78, 5) is 16.1. The lowest BCUT2D eigenvalue weighted by Gasteiger charge is -2.01. The van der Waals surface area contributed by atoms with Gasteiger partial charge in [0.1, 0.15) is 5.82 Å². The molecular formula is C16H13ClN4O. The van der Waals surface area contributed by atoms with Gasteiger partial charge in [-0.1, -0.05) is 35.9 Å². The minimum atomic E-state index is -0.305. The molecule has 22 heavy (non-hydrogen) atoms. The molecule has 5 nitrogen and oxygen atoms in total. The molecule has 0 aliphatic rings. The number of pyridine rings is 1. The SMILES string of the molecule is O=C(Nc1ccccn1)c1cc(Cc2ccccc2Cl)[nH]n1. The molecule has 3 aromatic rings. The lowest BCUT2D eigenvalue weighted by atomic mass is 10.1. The van der Waals surface area contributed by atoms with Gasteiger partial charge in [0, 0.05) is 23.3 Å². The third-order valence-electron chi connectivity index (χ3n) is 3.11. The highest BCUT2D eigenvalue weighted by molar-refractivity contribution is 6.31. The van der Waals surface area contributed by atoms with E-state index in [1.165, 1.54) is 0 Å². The summed E-state index contributed by atoms with van der Waals surface area (Å²) >= 11 is 6.13. The monoisotopic (exact) mass is 312 g/mol. The number of hydrogen-bond acceptors (Lipinski definition) is 3. The highest BCUT2D eigenvalue weighted by atomic mass is 35.5. The van der Waals surface area contributed by atoms with Gasteiger partial charge in [0.25, 0.3) is 5.91 Å². The molecule has 0 saturated heterocycles. The van der Waals surface area contributed by atoms with Crippen LogP contribution in [0.4, 0.5) is 5.82 Å². The predicted molar refractivity (Wildman–Crippen MR) is 85.0 cm³/mol. The van der Waals surface area contributed by atoms with Crippen molar-refractivity contribution >= 4 is 23.3 Å².